The van der Waals surface area contributed by atoms with Crippen molar-refractivity contribution in [3.63, 3.8) is 0 Å². The van der Waals surface area contributed by atoms with Crippen molar-refractivity contribution in [2.75, 3.05) is 19.7 Å². The van der Waals surface area contributed by atoms with Gasteiger partial charge in [-0.15, -0.1) is 0 Å². The number of rotatable bonds is 0. The summed E-state index contributed by atoms with van der Waals surface area (Å²) in [6.07, 6.45) is 1.05. The van der Waals surface area contributed by atoms with Crippen LogP contribution >= 0.6 is 0 Å². The summed E-state index contributed by atoms with van der Waals surface area (Å²) >= 11 is 0. The van der Waals surface area contributed by atoms with Crippen LogP contribution in [-0.4, -0.2) is 25.7 Å². The summed E-state index contributed by atoms with van der Waals surface area (Å²) in [4.78, 5) is 11.0. The Balaban J connectivity index is 2.10. The zero-order chi connectivity index (χ0) is 6.97. The van der Waals surface area contributed by atoms with Crippen molar-refractivity contribution < 1.29 is 9.53 Å². The van der Waals surface area contributed by atoms with Crippen LogP contribution in [0.5, 0.6) is 0 Å². The highest BCUT2D eigenvalue weighted by Crippen LogP contribution is 2.25. The van der Waals surface area contributed by atoms with E-state index in [4.69, 9.17) is 4.74 Å². The molecule has 0 unspecified atom stereocenters. The number of hydrogen-bond donors (Lipinski definition) is 1. The van der Waals surface area contributed by atoms with Crippen molar-refractivity contribution in [2.24, 2.45) is 11.8 Å². The van der Waals surface area contributed by atoms with E-state index in [0.717, 1.165) is 19.5 Å². The topological polar surface area (TPSA) is 38.3 Å². The van der Waals surface area contributed by atoms with E-state index in [1.165, 1.54) is 0 Å². The maximum Gasteiger partial charge on any atom is 0.310 e. The van der Waals surface area contributed by atoms with Crippen molar-refractivity contribution in [2.45, 2.75) is 6.42 Å². The van der Waals surface area contributed by atoms with Gasteiger partial charge < -0.3 is 10.1 Å². The fourth-order valence-electron chi connectivity index (χ4n) is 1.73. The zero-order valence-electron chi connectivity index (χ0n) is 5.80. The number of carbonyl (C=O) groups excluding carboxylic acids is 1. The highest BCUT2D eigenvalue weighted by Gasteiger charge is 2.36. The summed E-state index contributed by atoms with van der Waals surface area (Å²) in [7, 11) is 0. The van der Waals surface area contributed by atoms with E-state index in [2.05, 4.69) is 5.32 Å². The molecule has 3 heteroatoms. The molecule has 2 heterocycles. The van der Waals surface area contributed by atoms with Gasteiger partial charge >= 0.3 is 5.97 Å². The van der Waals surface area contributed by atoms with Crippen LogP contribution in [0.1, 0.15) is 6.42 Å². The molecule has 0 aromatic rings. The predicted molar refractivity (Wildman–Crippen MR) is 35.4 cm³/mol. The van der Waals surface area contributed by atoms with Crippen LogP contribution in [0.15, 0.2) is 0 Å². The minimum absolute atomic E-state index is 0.00116. The van der Waals surface area contributed by atoms with Gasteiger partial charge in [0.15, 0.2) is 0 Å². The molecule has 2 fully saturated rings. The van der Waals surface area contributed by atoms with Crippen molar-refractivity contribution >= 4 is 5.97 Å². The van der Waals surface area contributed by atoms with E-state index in [0.29, 0.717) is 12.5 Å². The molecule has 0 amide bonds. The molecule has 2 rings (SSSR count). The number of esters is 1. The molecule has 0 saturated carbocycles. The summed E-state index contributed by atoms with van der Waals surface area (Å²) in [6.45, 7) is 2.45. The maximum absolute atomic E-state index is 11.0. The quantitative estimate of drug-likeness (QED) is 0.473. The highest BCUT2D eigenvalue weighted by atomic mass is 16.5. The molecule has 0 aliphatic carbocycles. The second-order valence-electron chi connectivity index (χ2n) is 2.98. The molecule has 10 heavy (non-hydrogen) atoms. The van der Waals surface area contributed by atoms with E-state index in [1.54, 1.807) is 0 Å². The smallest absolute Gasteiger partial charge is 0.310 e. The molecule has 1 N–H and O–H groups in total. The molecule has 2 atom stereocenters. The van der Waals surface area contributed by atoms with E-state index in [1.807, 2.05) is 0 Å². The minimum atomic E-state index is 0.00116. The van der Waals surface area contributed by atoms with Gasteiger partial charge in [0, 0.05) is 6.54 Å². The Labute approximate surface area is 59.7 Å². The van der Waals surface area contributed by atoms with E-state index < -0.39 is 0 Å². The SMILES string of the molecule is O=C1OCC[C@@H]2CNC[C@H]12. The van der Waals surface area contributed by atoms with Crippen LogP contribution in [0.4, 0.5) is 0 Å². The molecule has 0 radical (unpaired) electrons. The number of nitrogens with one attached hydrogen (secondary N) is 1. The van der Waals surface area contributed by atoms with E-state index >= 15 is 0 Å². The summed E-state index contributed by atoms with van der Waals surface area (Å²) in [6, 6.07) is 0. The fourth-order valence-corrected chi connectivity index (χ4v) is 1.73. The molecule has 0 spiro atoms. The lowest BCUT2D eigenvalue weighted by Gasteiger charge is -2.22. The molecule has 56 valence electrons. The Morgan fingerprint density at radius 3 is 3.20 bits per heavy atom. The Morgan fingerprint density at radius 2 is 2.40 bits per heavy atom. The number of fused-ring (bicyclic) bond motifs is 1. The van der Waals surface area contributed by atoms with Gasteiger partial charge in [0.25, 0.3) is 0 Å². The molecule has 2 saturated heterocycles. The standard InChI is InChI=1S/C7H11NO2/c9-7-6-4-8-3-5(6)1-2-10-7/h5-6,8H,1-4H2/t5-,6+/m1/s1. The van der Waals surface area contributed by atoms with Crippen LogP contribution < -0.4 is 5.32 Å². The third kappa shape index (κ3) is 0.814. The molecule has 2 aliphatic rings. The first kappa shape index (κ1) is 6.16. The van der Waals surface area contributed by atoms with Crippen LogP contribution in [0.3, 0.4) is 0 Å². The van der Waals surface area contributed by atoms with Crippen LogP contribution in [0.2, 0.25) is 0 Å². The summed E-state index contributed by atoms with van der Waals surface area (Å²) < 4.78 is 4.91. The predicted octanol–water partition coefficient (Wildman–Crippen LogP) is -0.231. The monoisotopic (exact) mass is 141 g/mol. The summed E-state index contributed by atoms with van der Waals surface area (Å²) in [5, 5.41) is 3.19. The molecule has 3 nitrogen and oxygen atoms in total. The fraction of sp³-hybridized carbons (Fsp3) is 0.857. The Bertz CT molecular complexity index is 158. The van der Waals surface area contributed by atoms with Gasteiger partial charge in [-0.05, 0) is 18.9 Å². The van der Waals surface area contributed by atoms with Gasteiger partial charge in [-0.2, -0.15) is 0 Å². The van der Waals surface area contributed by atoms with Crippen molar-refractivity contribution in [1.82, 2.24) is 5.32 Å². The average Bonchev–Trinajstić information content (AvgIpc) is 2.36. The first-order valence-corrected chi connectivity index (χ1v) is 3.75. The largest absolute Gasteiger partial charge is 0.465 e. The molecule has 0 aromatic heterocycles. The van der Waals surface area contributed by atoms with Gasteiger partial charge in [0.05, 0.1) is 12.5 Å². The average molecular weight is 141 g/mol. The first-order valence-electron chi connectivity index (χ1n) is 3.75. The van der Waals surface area contributed by atoms with E-state index in [9.17, 15) is 4.79 Å². The third-order valence-corrected chi connectivity index (χ3v) is 2.38. The van der Waals surface area contributed by atoms with Crippen molar-refractivity contribution in [3.8, 4) is 0 Å². The lowest BCUT2D eigenvalue weighted by molar-refractivity contribution is -0.154. The number of carbonyl (C=O) groups is 1. The molecular weight excluding hydrogens is 130 g/mol. The number of ether oxygens (including phenoxy) is 1. The van der Waals surface area contributed by atoms with Crippen LogP contribution in [-0.2, 0) is 9.53 Å². The summed E-state index contributed by atoms with van der Waals surface area (Å²) in [5.74, 6) is 0.719. The van der Waals surface area contributed by atoms with Crippen LogP contribution in [0.25, 0.3) is 0 Å². The van der Waals surface area contributed by atoms with Gasteiger partial charge in [-0.3, -0.25) is 4.79 Å². The number of hydrogen-bond acceptors (Lipinski definition) is 3. The molecule has 2 aliphatic heterocycles. The second kappa shape index (κ2) is 2.23. The Hall–Kier alpha value is -0.570. The minimum Gasteiger partial charge on any atom is -0.465 e. The van der Waals surface area contributed by atoms with Crippen LogP contribution in [0, 0.1) is 11.8 Å². The molecular formula is C7H11NO2. The van der Waals surface area contributed by atoms with Gasteiger partial charge in [-0.25, -0.2) is 0 Å². The maximum atomic E-state index is 11.0. The Kier molecular flexibility index (Phi) is 1.38. The Morgan fingerprint density at radius 1 is 1.50 bits per heavy atom. The molecule has 0 aromatic carbocycles. The van der Waals surface area contributed by atoms with Gasteiger partial charge in [-0.1, -0.05) is 0 Å². The highest BCUT2D eigenvalue weighted by molar-refractivity contribution is 5.74. The number of cyclic esters (lactones) is 1. The van der Waals surface area contributed by atoms with Gasteiger partial charge in [0.1, 0.15) is 0 Å². The third-order valence-electron chi connectivity index (χ3n) is 2.38. The first-order chi connectivity index (χ1) is 4.88. The lowest BCUT2D eigenvalue weighted by Crippen LogP contribution is -2.31. The van der Waals surface area contributed by atoms with Crippen molar-refractivity contribution in [1.29, 1.82) is 0 Å². The van der Waals surface area contributed by atoms with E-state index in [-0.39, 0.29) is 11.9 Å². The second-order valence-corrected chi connectivity index (χ2v) is 2.98. The normalized spacial score (nSPS) is 39.0. The molecule has 0 bridgehead atoms. The summed E-state index contributed by atoms with van der Waals surface area (Å²) in [5.41, 5.74) is 0. The van der Waals surface area contributed by atoms with Crippen molar-refractivity contribution in [3.05, 3.63) is 0 Å². The zero-order valence-corrected chi connectivity index (χ0v) is 5.80. The lowest BCUT2D eigenvalue weighted by atomic mass is 9.91. The van der Waals surface area contributed by atoms with Gasteiger partial charge in [0.2, 0.25) is 0 Å².